The molecule has 112 valence electrons. The molecule has 0 heterocycles. The van der Waals surface area contributed by atoms with Gasteiger partial charge in [0.1, 0.15) is 0 Å². The van der Waals surface area contributed by atoms with Crippen LogP contribution in [0.5, 0.6) is 0 Å². The molecule has 0 spiro atoms. The number of hydrogen-bond acceptors (Lipinski definition) is 0. The van der Waals surface area contributed by atoms with E-state index < -0.39 is 53.2 Å². The van der Waals surface area contributed by atoms with Crippen molar-refractivity contribution < 1.29 is 43.9 Å². The van der Waals surface area contributed by atoms with Gasteiger partial charge in [-0.3, -0.25) is 0 Å². The number of alkyl halides is 10. The van der Waals surface area contributed by atoms with Gasteiger partial charge in [-0.1, -0.05) is 0 Å². The Kier molecular flexibility index (Phi) is 5.50. The molecule has 0 saturated heterocycles. The third-order valence-corrected chi connectivity index (χ3v) is 5.85. The zero-order valence-electron chi connectivity index (χ0n) is 9.43. The molecule has 0 aromatic carbocycles. The molecule has 0 aliphatic rings. The zero-order valence-corrected chi connectivity index (χ0v) is 12.3. The molecular weight excluding hydrogens is 405 g/mol. The van der Waals surface area contributed by atoms with E-state index in [1.165, 1.54) is 0 Å². The van der Waals surface area contributed by atoms with Crippen LogP contribution in [-0.2, 0) is 0 Å². The van der Waals surface area contributed by atoms with Crippen LogP contribution in [0.3, 0.4) is 0 Å². The third kappa shape index (κ3) is 3.60. The third-order valence-electron chi connectivity index (χ3n) is 2.15. The second-order valence-corrected chi connectivity index (χ2v) is 8.05. The summed E-state index contributed by atoms with van der Waals surface area (Å²) in [5, 5.41) is 0. The van der Waals surface area contributed by atoms with Gasteiger partial charge in [-0.05, 0) is 0 Å². The van der Waals surface area contributed by atoms with Crippen molar-refractivity contribution in [2.75, 3.05) is 0 Å². The quantitative estimate of drug-likeness (QED) is 0.459. The predicted molar refractivity (Wildman–Crippen MR) is 46.7 cm³/mol. The first-order chi connectivity index (χ1) is 8.09. The minimum absolute atomic E-state index is 0.0125. The zero-order chi connectivity index (χ0) is 15.9. The summed E-state index contributed by atoms with van der Waals surface area (Å²) in [6.45, 7) is -0.0250. The van der Waals surface area contributed by atoms with Crippen molar-refractivity contribution in [2.24, 2.45) is 0 Å². The van der Waals surface area contributed by atoms with E-state index in [1.807, 2.05) is 0 Å². The topological polar surface area (TPSA) is 0 Å². The Hall–Kier alpha value is 0.0987. The van der Waals surface area contributed by atoms with Crippen molar-refractivity contribution in [2.45, 2.75) is 45.9 Å². The van der Waals surface area contributed by atoms with Crippen LogP contribution in [-0.4, -0.2) is 53.2 Å². The van der Waals surface area contributed by atoms with E-state index >= 15 is 0 Å². The molecule has 19 heavy (non-hydrogen) atoms. The molecule has 0 radical (unpaired) electrons. The Morgan fingerprint density at radius 2 is 0.842 bits per heavy atom. The Morgan fingerprint density at radius 1 is 0.632 bits per heavy atom. The first kappa shape index (κ1) is 19.1. The summed E-state index contributed by atoms with van der Waals surface area (Å²) in [4.78, 5) is 0. The van der Waals surface area contributed by atoms with Gasteiger partial charge in [-0.25, -0.2) is 0 Å². The van der Waals surface area contributed by atoms with Crippen molar-refractivity contribution in [1.29, 1.82) is 0 Å². The molecule has 0 bridgehead atoms. The van der Waals surface area contributed by atoms with Crippen molar-refractivity contribution in [3.63, 3.8) is 0 Å². The summed E-state index contributed by atoms with van der Waals surface area (Å²) in [6.07, 6.45) is -7.01. The summed E-state index contributed by atoms with van der Waals surface area (Å²) < 4.78 is 116. The van der Waals surface area contributed by atoms with Gasteiger partial charge in [0.05, 0.1) is 0 Å². The molecule has 0 saturated carbocycles. The molecule has 0 rings (SSSR count). The Morgan fingerprint density at radius 3 is 1.00 bits per heavy atom. The fourth-order valence-electron chi connectivity index (χ4n) is 0.863. The summed E-state index contributed by atoms with van der Waals surface area (Å²) in [7, 11) is 0. The Labute approximate surface area is 111 Å². The Balaban J connectivity index is 5.34. The summed E-state index contributed by atoms with van der Waals surface area (Å²) in [5.41, 5.74) is 0. The first-order valence-corrected chi connectivity index (χ1v) is 7.53. The van der Waals surface area contributed by atoms with Crippen LogP contribution in [0.1, 0.15) is 13.8 Å². The summed E-state index contributed by atoms with van der Waals surface area (Å²) in [5.74, 6) is -11.0. The second-order valence-electron chi connectivity index (χ2n) is 3.75. The first-order valence-electron chi connectivity index (χ1n) is 4.68. The van der Waals surface area contributed by atoms with Crippen LogP contribution in [0.15, 0.2) is 0 Å². The molecule has 2 unspecified atom stereocenters. The molecule has 11 heteroatoms. The average Bonchev–Trinajstić information content (AvgIpc) is 2.14. The van der Waals surface area contributed by atoms with E-state index in [2.05, 4.69) is 0 Å². The SMILES string of the molecule is CC(F)C(F)(F)[C](F)(F)[Sn+2][C](F)(F)C(F)(F)C(C)F. The van der Waals surface area contributed by atoms with Gasteiger partial charge in [0.2, 0.25) is 0 Å². The van der Waals surface area contributed by atoms with Gasteiger partial charge >= 0.3 is 111 Å². The summed E-state index contributed by atoms with van der Waals surface area (Å²) >= 11 is -5.21. The van der Waals surface area contributed by atoms with Crippen LogP contribution in [0, 0.1) is 0 Å². The van der Waals surface area contributed by atoms with Gasteiger partial charge in [0.25, 0.3) is 0 Å². The maximum absolute atomic E-state index is 12.9. The van der Waals surface area contributed by atoms with Crippen LogP contribution >= 0.6 is 0 Å². The normalized spacial score (nSPS) is 17.9. The van der Waals surface area contributed by atoms with E-state index in [1.54, 1.807) is 0 Å². The number of halogens is 10. The average molecular weight is 413 g/mol. The molecule has 0 nitrogen and oxygen atoms in total. The van der Waals surface area contributed by atoms with E-state index in [0.717, 1.165) is 0 Å². The molecule has 2 atom stereocenters. The Bertz CT molecular complexity index is 281. The van der Waals surface area contributed by atoms with Crippen LogP contribution in [0.4, 0.5) is 43.9 Å². The van der Waals surface area contributed by atoms with E-state index in [-0.39, 0.29) is 13.8 Å². The van der Waals surface area contributed by atoms with E-state index in [4.69, 9.17) is 0 Å². The molecular formula is C8H8F10Sn+2. The molecule has 0 fully saturated rings. The number of rotatable bonds is 6. The van der Waals surface area contributed by atoms with Gasteiger partial charge in [-0.2, -0.15) is 0 Å². The van der Waals surface area contributed by atoms with Crippen LogP contribution in [0.25, 0.3) is 0 Å². The molecule has 0 amide bonds. The van der Waals surface area contributed by atoms with E-state index in [9.17, 15) is 43.9 Å². The van der Waals surface area contributed by atoms with Crippen molar-refractivity contribution in [1.82, 2.24) is 0 Å². The molecule has 0 aliphatic heterocycles. The standard InChI is InChI=1S/2C4H4F5.Sn/c2*1-2(5)4(8,9)3(6)7;/h2*2H,1H3;/q;;+2. The molecule has 0 aromatic rings. The molecule has 0 aromatic heterocycles. The summed E-state index contributed by atoms with van der Waals surface area (Å²) in [6, 6.07) is 0. The van der Waals surface area contributed by atoms with Crippen molar-refractivity contribution in [3.05, 3.63) is 0 Å². The van der Waals surface area contributed by atoms with Gasteiger partial charge in [0, 0.05) is 0 Å². The fraction of sp³-hybridized carbons (Fsp3) is 1.00. The maximum atomic E-state index is 12.9. The van der Waals surface area contributed by atoms with Gasteiger partial charge in [-0.15, -0.1) is 0 Å². The predicted octanol–water partition coefficient (Wildman–Crippen LogP) is 3.86. The van der Waals surface area contributed by atoms with E-state index in [0.29, 0.717) is 0 Å². The van der Waals surface area contributed by atoms with Crippen LogP contribution in [0.2, 0.25) is 0 Å². The van der Waals surface area contributed by atoms with Crippen molar-refractivity contribution >= 4 is 21.1 Å². The monoisotopic (exact) mass is 414 g/mol. The van der Waals surface area contributed by atoms with Crippen molar-refractivity contribution in [3.8, 4) is 0 Å². The molecule has 0 aliphatic carbocycles. The minimum atomic E-state index is -5.59. The fourth-order valence-corrected chi connectivity index (χ4v) is 4.08. The van der Waals surface area contributed by atoms with Gasteiger partial charge < -0.3 is 0 Å². The van der Waals surface area contributed by atoms with Gasteiger partial charge in [0.15, 0.2) is 0 Å². The van der Waals surface area contributed by atoms with Crippen LogP contribution < -0.4 is 0 Å². The molecule has 0 N–H and O–H groups in total. The second kappa shape index (κ2) is 5.47. The number of hydrogen-bond donors (Lipinski definition) is 0.